The largest absolute Gasteiger partial charge is 0.350 e. The molecule has 4 heteroatoms. The van der Waals surface area contributed by atoms with E-state index in [-0.39, 0.29) is 19.2 Å². The maximum Gasteiger partial charge on any atom is 0.264 e. The number of ether oxygens (including phenoxy) is 1. The molecule has 2 N–H and O–H groups in total. The first kappa shape index (κ1) is 4.55. The van der Waals surface area contributed by atoms with Crippen LogP contribution >= 0.6 is 0 Å². The fourth-order valence-electron chi connectivity index (χ4n) is 0.386. The van der Waals surface area contributed by atoms with Gasteiger partial charge in [-0.1, -0.05) is 0 Å². The third-order valence-corrected chi connectivity index (χ3v) is 0.776. The van der Waals surface area contributed by atoms with Gasteiger partial charge in [0.05, 0.1) is 0 Å². The van der Waals surface area contributed by atoms with Gasteiger partial charge in [0.2, 0.25) is 0 Å². The van der Waals surface area contributed by atoms with E-state index < -0.39 is 0 Å². The van der Waals surface area contributed by atoms with Crippen molar-refractivity contribution in [1.29, 1.82) is 0 Å². The summed E-state index contributed by atoms with van der Waals surface area (Å²) < 4.78 is 4.62. The van der Waals surface area contributed by atoms with E-state index in [0.29, 0.717) is 0 Å². The highest BCUT2D eigenvalue weighted by Gasteiger charge is 2.15. The third kappa shape index (κ3) is 0.703. The predicted molar refractivity (Wildman–Crippen MR) is 21.9 cm³/mol. The molecule has 0 atom stereocenters. The summed E-state index contributed by atoms with van der Waals surface area (Å²) in [5.41, 5.74) is 0. The summed E-state index contributed by atoms with van der Waals surface area (Å²) in [5, 5.41) is 1.04. The van der Waals surface area contributed by atoms with Crippen LogP contribution in [0.5, 0.6) is 0 Å². The molecule has 1 aliphatic heterocycles. The van der Waals surface area contributed by atoms with E-state index in [1.54, 1.807) is 0 Å². The van der Waals surface area contributed by atoms with Crippen LogP contribution in [0.2, 0.25) is 0 Å². The van der Waals surface area contributed by atoms with Crippen LogP contribution in [0.15, 0.2) is 0 Å². The van der Waals surface area contributed by atoms with Crippen LogP contribution in [0.4, 0.5) is 0 Å². The molecule has 40 valence electrons. The van der Waals surface area contributed by atoms with Crippen molar-refractivity contribution in [3.63, 3.8) is 0 Å². The number of nitrogens with zero attached hydrogens (tertiary/aromatic N) is 1. The summed E-state index contributed by atoms with van der Waals surface area (Å²) in [5.74, 6) is 4.88. The van der Waals surface area contributed by atoms with Crippen LogP contribution in [0.25, 0.3) is 0 Å². The first-order valence-corrected chi connectivity index (χ1v) is 1.93. The molecule has 7 heavy (non-hydrogen) atoms. The van der Waals surface area contributed by atoms with Crippen LogP contribution < -0.4 is 5.84 Å². The van der Waals surface area contributed by atoms with Crippen molar-refractivity contribution in [2.45, 2.75) is 0 Å². The fourth-order valence-corrected chi connectivity index (χ4v) is 0.386. The van der Waals surface area contributed by atoms with Gasteiger partial charge in [0, 0.05) is 0 Å². The Kier molecular flexibility index (Phi) is 0.958. The van der Waals surface area contributed by atoms with E-state index in [0.717, 1.165) is 5.01 Å². The minimum absolute atomic E-state index is 0.135. The van der Waals surface area contributed by atoms with Gasteiger partial charge in [0.15, 0.2) is 0 Å². The second-order valence-corrected chi connectivity index (χ2v) is 1.34. The van der Waals surface area contributed by atoms with Crippen molar-refractivity contribution in [3.8, 4) is 0 Å². The zero-order chi connectivity index (χ0) is 5.28. The molecule has 1 amide bonds. The number of hydrazine groups is 1. The quantitative estimate of drug-likeness (QED) is 0.305. The number of hydrogen-bond donors (Lipinski definition) is 1. The first-order chi connectivity index (χ1) is 3.30. The van der Waals surface area contributed by atoms with Gasteiger partial charge in [-0.3, -0.25) is 9.80 Å². The van der Waals surface area contributed by atoms with Gasteiger partial charge in [0.1, 0.15) is 13.3 Å². The Balaban J connectivity index is 2.48. The summed E-state index contributed by atoms with van der Waals surface area (Å²) in [6.45, 7) is 0.370. The smallest absolute Gasteiger partial charge is 0.264 e. The van der Waals surface area contributed by atoms with E-state index in [1.165, 1.54) is 0 Å². The lowest BCUT2D eigenvalue weighted by Crippen LogP contribution is -2.32. The standard InChI is InChI=1S/C3H6N2O2/c4-5-2-7-1-3(5)6/h1-2,4H2. The number of amides is 1. The minimum Gasteiger partial charge on any atom is -0.350 e. The van der Waals surface area contributed by atoms with Crippen molar-refractivity contribution >= 4 is 5.91 Å². The van der Waals surface area contributed by atoms with Crippen molar-refractivity contribution in [2.75, 3.05) is 13.3 Å². The number of carbonyl (C=O) groups excluding carboxylic acids is 1. The average molecular weight is 102 g/mol. The Morgan fingerprint density at radius 3 is 2.71 bits per heavy atom. The Labute approximate surface area is 40.8 Å². The van der Waals surface area contributed by atoms with E-state index in [9.17, 15) is 4.79 Å². The third-order valence-electron chi connectivity index (χ3n) is 0.776. The van der Waals surface area contributed by atoms with Gasteiger partial charge in [-0.05, 0) is 0 Å². The molecule has 0 bridgehead atoms. The lowest BCUT2D eigenvalue weighted by Gasteiger charge is -2.00. The second kappa shape index (κ2) is 1.48. The van der Waals surface area contributed by atoms with Gasteiger partial charge >= 0.3 is 0 Å². The molecule has 0 spiro atoms. The highest BCUT2D eigenvalue weighted by molar-refractivity contribution is 5.77. The Bertz CT molecular complexity index is 92.9. The lowest BCUT2D eigenvalue weighted by atomic mass is 10.7. The van der Waals surface area contributed by atoms with Crippen LogP contribution in [0.1, 0.15) is 0 Å². The lowest BCUT2D eigenvalue weighted by molar-refractivity contribution is -0.127. The molecule has 0 saturated carbocycles. The molecule has 0 radical (unpaired) electrons. The number of hydrogen-bond acceptors (Lipinski definition) is 3. The van der Waals surface area contributed by atoms with Crippen molar-refractivity contribution in [2.24, 2.45) is 5.84 Å². The van der Waals surface area contributed by atoms with Crippen molar-refractivity contribution in [1.82, 2.24) is 5.01 Å². The van der Waals surface area contributed by atoms with Gasteiger partial charge in [0.25, 0.3) is 5.91 Å². The van der Waals surface area contributed by atoms with E-state index in [2.05, 4.69) is 4.74 Å². The first-order valence-electron chi connectivity index (χ1n) is 1.93. The average Bonchev–Trinajstić information content (AvgIpc) is 1.91. The molecule has 0 aliphatic carbocycles. The molecule has 1 heterocycles. The normalized spacial score (nSPS) is 21.3. The van der Waals surface area contributed by atoms with Gasteiger partial charge in [-0.15, -0.1) is 0 Å². The van der Waals surface area contributed by atoms with E-state index >= 15 is 0 Å². The molecule has 1 rings (SSSR count). The molecular formula is C3H6N2O2. The van der Waals surface area contributed by atoms with E-state index in [4.69, 9.17) is 5.84 Å². The zero-order valence-electron chi connectivity index (χ0n) is 3.76. The van der Waals surface area contributed by atoms with Gasteiger partial charge in [-0.2, -0.15) is 0 Å². The van der Waals surface area contributed by atoms with E-state index in [1.807, 2.05) is 0 Å². The summed E-state index contributed by atoms with van der Waals surface area (Å²) in [6.07, 6.45) is 0. The summed E-state index contributed by atoms with van der Waals surface area (Å²) in [4.78, 5) is 10.2. The maximum absolute atomic E-state index is 10.2. The van der Waals surface area contributed by atoms with Crippen LogP contribution in [-0.4, -0.2) is 24.3 Å². The molecule has 4 nitrogen and oxygen atoms in total. The molecule has 0 aromatic heterocycles. The van der Waals surface area contributed by atoms with Crippen LogP contribution in [-0.2, 0) is 9.53 Å². The molecule has 1 saturated heterocycles. The monoisotopic (exact) mass is 102 g/mol. The molecule has 0 aromatic carbocycles. The van der Waals surface area contributed by atoms with Crippen molar-refractivity contribution in [3.05, 3.63) is 0 Å². The summed E-state index contributed by atoms with van der Waals surface area (Å²) >= 11 is 0. The molecular weight excluding hydrogens is 96.0 g/mol. The van der Waals surface area contributed by atoms with Gasteiger partial charge < -0.3 is 4.74 Å². The number of carbonyl (C=O) groups is 1. The van der Waals surface area contributed by atoms with Crippen LogP contribution in [0, 0.1) is 0 Å². The number of rotatable bonds is 0. The molecule has 0 aromatic rings. The molecule has 1 fully saturated rings. The minimum atomic E-state index is -0.153. The van der Waals surface area contributed by atoms with Gasteiger partial charge in [-0.25, -0.2) is 5.84 Å². The molecule has 0 unspecified atom stereocenters. The Morgan fingerprint density at radius 1 is 1.86 bits per heavy atom. The highest BCUT2D eigenvalue weighted by Crippen LogP contribution is 1.91. The topological polar surface area (TPSA) is 55.6 Å². The Morgan fingerprint density at radius 2 is 2.57 bits per heavy atom. The van der Waals surface area contributed by atoms with Crippen LogP contribution in [0.3, 0.4) is 0 Å². The predicted octanol–water partition coefficient (Wildman–Crippen LogP) is -1.32. The van der Waals surface area contributed by atoms with Crippen molar-refractivity contribution < 1.29 is 9.53 Å². The fraction of sp³-hybridized carbons (Fsp3) is 0.667. The Hall–Kier alpha value is -0.610. The zero-order valence-corrected chi connectivity index (χ0v) is 3.76. The summed E-state index contributed by atoms with van der Waals surface area (Å²) in [7, 11) is 0. The maximum atomic E-state index is 10.2. The molecule has 1 aliphatic rings. The number of nitrogens with two attached hydrogens (primary N) is 1. The summed E-state index contributed by atoms with van der Waals surface area (Å²) in [6, 6.07) is 0. The highest BCUT2D eigenvalue weighted by atomic mass is 16.5. The second-order valence-electron chi connectivity index (χ2n) is 1.34. The SMILES string of the molecule is NN1COCC1=O.